The number of anilines is 1. The molecule has 0 saturated carbocycles. The Morgan fingerprint density at radius 1 is 1.08 bits per heavy atom. The van der Waals surface area contributed by atoms with E-state index in [-0.39, 0.29) is 11.2 Å². The van der Waals surface area contributed by atoms with E-state index >= 15 is 0 Å². The van der Waals surface area contributed by atoms with Crippen molar-refractivity contribution in [2.45, 2.75) is 52.9 Å². The molecule has 0 spiro atoms. The number of hydrogen-bond acceptors (Lipinski definition) is 4. The summed E-state index contributed by atoms with van der Waals surface area (Å²) in [7, 11) is 3.98. The van der Waals surface area contributed by atoms with E-state index in [4.69, 9.17) is 4.98 Å². The van der Waals surface area contributed by atoms with Crippen molar-refractivity contribution in [2.75, 3.05) is 45.2 Å². The maximum atomic E-state index is 14.9. The van der Waals surface area contributed by atoms with Crippen LogP contribution in [0.1, 0.15) is 51.2 Å². The number of aryl methyl sites for hydroxylation is 2. The van der Waals surface area contributed by atoms with Crippen molar-refractivity contribution in [3.05, 3.63) is 72.1 Å². The summed E-state index contributed by atoms with van der Waals surface area (Å²) in [5, 5.41) is 7.38. The van der Waals surface area contributed by atoms with E-state index < -0.39 is 0 Å². The zero-order valence-corrected chi connectivity index (χ0v) is 23.5. The molecule has 1 aliphatic rings. The minimum Gasteiger partial charge on any atom is -0.370 e. The average molecular weight is 505 g/mol. The molecule has 1 saturated heterocycles. The third kappa shape index (κ3) is 6.77. The minimum atomic E-state index is -0.147. The Morgan fingerprint density at radius 2 is 1.81 bits per heavy atom. The highest BCUT2D eigenvalue weighted by atomic mass is 19.1. The quantitative estimate of drug-likeness (QED) is 0.223. The molecule has 200 valence electrons. The van der Waals surface area contributed by atoms with Crippen LogP contribution < -0.4 is 15.5 Å². The number of benzene rings is 2. The standard InChI is InChI=1S/C30H39FN4.C2H6/c1-5-23-18-28-25(19-26(23)31)29(35-17-14-30(6-2,21-35)13-16-33-4)20-27(34-28)24-11-9-22(10-12-24)8-7-15-32-3;1-2/h6,9-12,18-20,32-33H,2,5,7-8,13-17,21H2,1,3-4H3;1-2H3. The summed E-state index contributed by atoms with van der Waals surface area (Å²) < 4.78 is 14.9. The molecule has 0 bridgehead atoms. The predicted octanol–water partition coefficient (Wildman–Crippen LogP) is 6.77. The lowest BCUT2D eigenvalue weighted by Gasteiger charge is -2.27. The Morgan fingerprint density at radius 3 is 2.46 bits per heavy atom. The summed E-state index contributed by atoms with van der Waals surface area (Å²) in [6.07, 6.45) is 7.04. The number of hydrogen-bond donors (Lipinski definition) is 2. The molecule has 4 rings (SSSR count). The van der Waals surface area contributed by atoms with Crippen LogP contribution in [-0.4, -0.2) is 45.3 Å². The SMILES string of the molecule is C=CC1(CCNC)CCN(c2cc(-c3ccc(CCCNC)cc3)nc3cc(CC)c(F)cc23)C1.CC. The molecule has 2 N–H and O–H groups in total. The first-order valence-electron chi connectivity index (χ1n) is 13.9. The smallest absolute Gasteiger partial charge is 0.127 e. The molecule has 5 heteroatoms. The Bertz CT molecular complexity index is 1160. The monoisotopic (exact) mass is 504 g/mol. The third-order valence-electron chi connectivity index (χ3n) is 7.51. The largest absolute Gasteiger partial charge is 0.370 e. The van der Waals surface area contributed by atoms with Gasteiger partial charge in [0.25, 0.3) is 0 Å². The van der Waals surface area contributed by atoms with E-state index in [1.807, 2.05) is 40.9 Å². The minimum absolute atomic E-state index is 0.0651. The zero-order chi connectivity index (χ0) is 26.8. The van der Waals surface area contributed by atoms with Gasteiger partial charge in [-0.2, -0.15) is 0 Å². The van der Waals surface area contributed by atoms with Crippen LogP contribution in [0, 0.1) is 11.2 Å². The lowest BCUT2D eigenvalue weighted by molar-refractivity contribution is 0.390. The van der Waals surface area contributed by atoms with Crippen molar-refractivity contribution >= 4 is 16.6 Å². The van der Waals surface area contributed by atoms with E-state index in [1.165, 1.54) is 5.56 Å². The lowest BCUT2D eigenvalue weighted by Crippen LogP contribution is -2.28. The molecule has 1 aliphatic heterocycles. The Hall–Kier alpha value is -2.76. The molecule has 4 nitrogen and oxygen atoms in total. The fourth-order valence-electron chi connectivity index (χ4n) is 5.21. The molecular weight excluding hydrogens is 459 g/mol. The number of nitrogens with zero attached hydrogens (tertiary/aromatic N) is 2. The van der Waals surface area contributed by atoms with Gasteiger partial charge in [-0.25, -0.2) is 9.37 Å². The molecule has 2 heterocycles. The average Bonchev–Trinajstić information content (AvgIpc) is 3.37. The molecule has 0 amide bonds. The highest BCUT2D eigenvalue weighted by Crippen LogP contribution is 2.41. The summed E-state index contributed by atoms with van der Waals surface area (Å²) in [6, 6.07) is 14.5. The molecule has 2 aromatic carbocycles. The van der Waals surface area contributed by atoms with Crippen LogP contribution in [-0.2, 0) is 12.8 Å². The summed E-state index contributed by atoms with van der Waals surface area (Å²) >= 11 is 0. The highest BCUT2D eigenvalue weighted by molar-refractivity contribution is 5.95. The van der Waals surface area contributed by atoms with Crippen molar-refractivity contribution in [1.82, 2.24) is 15.6 Å². The molecule has 1 atom stereocenters. The zero-order valence-electron chi connectivity index (χ0n) is 23.5. The molecule has 37 heavy (non-hydrogen) atoms. The molecule has 0 aliphatic carbocycles. The first-order valence-corrected chi connectivity index (χ1v) is 13.9. The second-order valence-electron chi connectivity index (χ2n) is 9.84. The van der Waals surface area contributed by atoms with E-state index in [0.29, 0.717) is 12.0 Å². The normalized spacial score (nSPS) is 17.1. The van der Waals surface area contributed by atoms with Crippen LogP contribution in [0.5, 0.6) is 0 Å². The predicted molar refractivity (Wildman–Crippen MR) is 158 cm³/mol. The number of rotatable bonds is 11. The van der Waals surface area contributed by atoms with Crippen molar-refractivity contribution in [2.24, 2.45) is 5.41 Å². The summed E-state index contributed by atoms with van der Waals surface area (Å²) in [4.78, 5) is 7.41. The van der Waals surface area contributed by atoms with Gasteiger partial charge in [-0.05, 0) is 88.6 Å². The summed E-state index contributed by atoms with van der Waals surface area (Å²) in [6.45, 7) is 13.9. The number of aromatic nitrogens is 1. The summed E-state index contributed by atoms with van der Waals surface area (Å²) in [5.74, 6) is -0.147. The number of nitrogens with one attached hydrogen (secondary N) is 2. The van der Waals surface area contributed by atoms with Crippen LogP contribution in [0.15, 0.2) is 55.1 Å². The fraction of sp³-hybridized carbons (Fsp3) is 0.469. The molecule has 1 aromatic heterocycles. The second kappa shape index (κ2) is 13.7. The van der Waals surface area contributed by atoms with Gasteiger partial charge in [0.05, 0.1) is 11.2 Å². The number of fused-ring (bicyclic) bond motifs is 1. The van der Waals surface area contributed by atoms with Crippen LogP contribution in [0.2, 0.25) is 0 Å². The number of pyridine rings is 1. The van der Waals surface area contributed by atoms with Crippen molar-refractivity contribution in [3.63, 3.8) is 0 Å². The first kappa shape index (κ1) is 28.8. The summed E-state index contributed by atoms with van der Waals surface area (Å²) in [5.41, 5.74) is 6.07. The maximum Gasteiger partial charge on any atom is 0.127 e. The van der Waals surface area contributed by atoms with Crippen molar-refractivity contribution in [1.29, 1.82) is 0 Å². The van der Waals surface area contributed by atoms with E-state index in [1.54, 1.807) is 6.07 Å². The van der Waals surface area contributed by atoms with E-state index in [0.717, 1.165) is 79.7 Å². The molecule has 3 aromatic rings. The van der Waals surface area contributed by atoms with Gasteiger partial charge in [-0.3, -0.25) is 0 Å². The van der Waals surface area contributed by atoms with Crippen LogP contribution >= 0.6 is 0 Å². The molecule has 1 unspecified atom stereocenters. The van der Waals surface area contributed by atoms with E-state index in [2.05, 4.69) is 58.5 Å². The topological polar surface area (TPSA) is 40.2 Å². The van der Waals surface area contributed by atoms with Gasteiger partial charge in [0.1, 0.15) is 5.82 Å². The molecule has 0 radical (unpaired) electrons. The van der Waals surface area contributed by atoms with Crippen LogP contribution in [0.3, 0.4) is 0 Å². The second-order valence-corrected chi connectivity index (χ2v) is 9.84. The Balaban J connectivity index is 0.00000186. The van der Waals surface area contributed by atoms with Gasteiger partial charge in [0.15, 0.2) is 0 Å². The van der Waals surface area contributed by atoms with Gasteiger partial charge in [0.2, 0.25) is 0 Å². The van der Waals surface area contributed by atoms with Crippen molar-refractivity contribution in [3.8, 4) is 11.3 Å². The third-order valence-corrected chi connectivity index (χ3v) is 7.51. The van der Waals surface area contributed by atoms with Gasteiger partial charge >= 0.3 is 0 Å². The van der Waals surface area contributed by atoms with Crippen LogP contribution in [0.4, 0.5) is 10.1 Å². The Labute approximate surface area is 223 Å². The first-order chi connectivity index (χ1) is 18.0. The fourth-order valence-corrected chi connectivity index (χ4v) is 5.21. The maximum absolute atomic E-state index is 14.9. The van der Waals surface area contributed by atoms with Gasteiger partial charge in [-0.1, -0.05) is 51.1 Å². The number of halogens is 1. The molecule has 1 fully saturated rings. The van der Waals surface area contributed by atoms with Gasteiger partial charge in [-0.15, -0.1) is 6.58 Å². The van der Waals surface area contributed by atoms with E-state index in [9.17, 15) is 4.39 Å². The Kier molecular flexibility index (Phi) is 10.7. The van der Waals surface area contributed by atoms with Crippen molar-refractivity contribution < 1.29 is 4.39 Å². The van der Waals surface area contributed by atoms with Gasteiger partial charge < -0.3 is 15.5 Å². The van der Waals surface area contributed by atoms with Crippen LogP contribution in [0.25, 0.3) is 22.2 Å². The van der Waals surface area contributed by atoms with Gasteiger partial charge in [0, 0.05) is 35.1 Å². The lowest BCUT2D eigenvalue weighted by atomic mass is 9.84. The highest BCUT2D eigenvalue weighted by Gasteiger charge is 2.36. The molecular formula is C32H45FN4.